The third-order valence-electron chi connectivity index (χ3n) is 3.71. The highest BCUT2D eigenvalue weighted by molar-refractivity contribution is 5.94. The maximum absolute atomic E-state index is 6.19. The standard InChI is InChI=1S/C14H20N2/c1-10(2)14(9-11(3)16-13(14)15)12-7-5-4-6-8-12/h4-8,10-11H,9H2,1-3H3,(H2,15,16). The van der Waals surface area contributed by atoms with Gasteiger partial charge in [-0.2, -0.15) is 0 Å². The molecule has 2 atom stereocenters. The highest BCUT2D eigenvalue weighted by atomic mass is 15.0. The smallest absolute Gasteiger partial charge is 0.105 e. The molecule has 0 saturated heterocycles. The fourth-order valence-electron chi connectivity index (χ4n) is 2.83. The van der Waals surface area contributed by atoms with Crippen molar-refractivity contribution in [3.05, 3.63) is 35.9 Å². The van der Waals surface area contributed by atoms with Crippen molar-refractivity contribution in [2.24, 2.45) is 16.6 Å². The van der Waals surface area contributed by atoms with E-state index in [1.54, 1.807) is 0 Å². The number of nitrogens with two attached hydrogens (primary N) is 1. The lowest BCUT2D eigenvalue weighted by molar-refractivity contribution is 0.388. The van der Waals surface area contributed by atoms with Gasteiger partial charge in [-0.25, -0.2) is 0 Å². The summed E-state index contributed by atoms with van der Waals surface area (Å²) in [6.45, 7) is 6.60. The van der Waals surface area contributed by atoms with Crippen molar-refractivity contribution in [2.75, 3.05) is 0 Å². The molecule has 0 saturated carbocycles. The van der Waals surface area contributed by atoms with E-state index in [0.29, 0.717) is 12.0 Å². The summed E-state index contributed by atoms with van der Waals surface area (Å²) in [6, 6.07) is 10.9. The SMILES string of the molecule is CC1CC(c2ccccc2)(C(C)C)C(N)=N1. The number of aliphatic imine (C=N–C) groups is 1. The van der Waals surface area contributed by atoms with Gasteiger partial charge in [0.1, 0.15) is 5.84 Å². The molecule has 1 aromatic carbocycles. The lowest BCUT2D eigenvalue weighted by atomic mass is 9.69. The van der Waals surface area contributed by atoms with E-state index < -0.39 is 0 Å². The summed E-state index contributed by atoms with van der Waals surface area (Å²) in [4.78, 5) is 4.53. The van der Waals surface area contributed by atoms with Gasteiger partial charge in [0.2, 0.25) is 0 Å². The van der Waals surface area contributed by atoms with Crippen molar-refractivity contribution in [3.8, 4) is 0 Å². The van der Waals surface area contributed by atoms with Crippen LogP contribution >= 0.6 is 0 Å². The highest BCUT2D eigenvalue weighted by Gasteiger charge is 2.44. The largest absolute Gasteiger partial charge is 0.387 e. The topological polar surface area (TPSA) is 38.4 Å². The molecule has 0 bridgehead atoms. The average molecular weight is 216 g/mol. The molecule has 86 valence electrons. The monoisotopic (exact) mass is 216 g/mol. The second kappa shape index (κ2) is 3.93. The zero-order chi connectivity index (χ0) is 11.8. The summed E-state index contributed by atoms with van der Waals surface area (Å²) in [5.74, 6) is 1.28. The van der Waals surface area contributed by atoms with Crippen LogP contribution in [0.4, 0.5) is 0 Å². The fraction of sp³-hybridized carbons (Fsp3) is 0.500. The van der Waals surface area contributed by atoms with E-state index in [1.807, 2.05) is 6.07 Å². The molecule has 1 aliphatic heterocycles. The minimum atomic E-state index is -0.0549. The van der Waals surface area contributed by atoms with E-state index >= 15 is 0 Å². The predicted molar refractivity (Wildman–Crippen MR) is 68.7 cm³/mol. The van der Waals surface area contributed by atoms with Gasteiger partial charge in [-0.1, -0.05) is 44.2 Å². The summed E-state index contributed by atoms with van der Waals surface area (Å²) >= 11 is 0. The first-order valence-corrected chi connectivity index (χ1v) is 5.96. The Morgan fingerprint density at radius 2 is 1.94 bits per heavy atom. The second-order valence-electron chi connectivity index (χ2n) is 5.06. The summed E-state index contributed by atoms with van der Waals surface area (Å²) in [7, 11) is 0. The van der Waals surface area contributed by atoms with Gasteiger partial charge in [0, 0.05) is 0 Å². The van der Waals surface area contributed by atoms with Crippen LogP contribution in [0, 0.1) is 5.92 Å². The van der Waals surface area contributed by atoms with Crippen molar-refractivity contribution in [2.45, 2.75) is 38.6 Å². The van der Waals surface area contributed by atoms with Crippen molar-refractivity contribution in [1.82, 2.24) is 0 Å². The molecule has 1 heterocycles. The van der Waals surface area contributed by atoms with Crippen LogP contribution in [0.15, 0.2) is 35.3 Å². The van der Waals surface area contributed by atoms with Gasteiger partial charge in [0.05, 0.1) is 11.5 Å². The Hall–Kier alpha value is -1.31. The normalized spacial score (nSPS) is 29.5. The Balaban J connectivity index is 2.51. The van der Waals surface area contributed by atoms with Gasteiger partial charge in [-0.15, -0.1) is 0 Å². The summed E-state index contributed by atoms with van der Waals surface area (Å²) in [6.07, 6.45) is 1.03. The molecule has 2 N–H and O–H groups in total. The number of rotatable bonds is 2. The Morgan fingerprint density at radius 1 is 1.31 bits per heavy atom. The third kappa shape index (κ3) is 1.53. The van der Waals surface area contributed by atoms with Gasteiger partial charge in [0.15, 0.2) is 0 Å². The van der Waals surface area contributed by atoms with Gasteiger partial charge in [-0.05, 0) is 24.8 Å². The van der Waals surface area contributed by atoms with E-state index in [1.165, 1.54) is 5.56 Å². The Labute approximate surface area is 97.6 Å². The van der Waals surface area contributed by atoms with Crippen LogP contribution in [0.1, 0.15) is 32.8 Å². The fourth-order valence-corrected chi connectivity index (χ4v) is 2.83. The van der Waals surface area contributed by atoms with E-state index in [0.717, 1.165) is 12.3 Å². The first-order chi connectivity index (χ1) is 7.57. The summed E-state index contributed by atoms with van der Waals surface area (Å²) < 4.78 is 0. The second-order valence-corrected chi connectivity index (χ2v) is 5.06. The van der Waals surface area contributed by atoms with Crippen LogP contribution in [0.5, 0.6) is 0 Å². The molecule has 2 rings (SSSR count). The van der Waals surface area contributed by atoms with Crippen molar-refractivity contribution in [3.63, 3.8) is 0 Å². The Bertz CT molecular complexity index is 394. The van der Waals surface area contributed by atoms with Gasteiger partial charge in [0.25, 0.3) is 0 Å². The Morgan fingerprint density at radius 3 is 2.38 bits per heavy atom. The lowest BCUT2D eigenvalue weighted by Gasteiger charge is -2.34. The zero-order valence-electron chi connectivity index (χ0n) is 10.3. The van der Waals surface area contributed by atoms with Gasteiger partial charge >= 0.3 is 0 Å². The Kier molecular flexibility index (Phi) is 2.75. The quantitative estimate of drug-likeness (QED) is 0.811. The highest BCUT2D eigenvalue weighted by Crippen LogP contribution is 2.41. The first-order valence-electron chi connectivity index (χ1n) is 5.96. The molecular weight excluding hydrogens is 196 g/mol. The first kappa shape index (κ1) is 11.2. The molecule has 2 nitrogen and oxygen atoms in total. The molecule has 0 aromatic heterocycles. The van der Waals surface area contributed by atoms with Gasteiger partial charge in [-0.3, -0.25) is 4.99 Å². The molecule has 1 aliphatic rings. The molecule has 0 aliphatic carbocycles. The van der Waals surface area contributed by atoms with Gasteiger partial charge < -0.3 is 5.73 Å². The average Bonchev–Trinajstić information content (AvgIpc) is 2.56. The lowest BCUT2D eigenvalue weighted by Crippen LogP contribution is -2.43. The summed E-state index contributed by atoms with van der Waals surface area (Å²) in [5, 5.41) is 0. The van der Waals surface area contributed by atoms with E-state index in [2.05, 4.69) is 50.0 Å². The van der Waals surface area contributed by atoms with Crippen molar-refractivity contribution >= 4 is 5.84 Å². The number of hydrogen-bond donors (Lipinski definition) is 1. The van der Waals surface area contributed by atoms with E-state index in [9.17, 15) is 0 Å². The van der Waals surface area contributed by atoms with Crippen LogP contribution in [0.25, 0.3) is 0 Å². The molecule has 0 spiro atoms. The number of hydrogen-bond acceptors (Lipinski definition) is 2. The zero-order valence-corrected chi connectivity index (χ0v) is 10.3. The third-order valence-corrected chi connectivity index (χ3v) is 3.71. The maximum Gasteiger partial charge on any atom is 0.105 e. The van der Waals surface area contributed by atoms with Crippen LogP contribution in [0.3, 0.4) is 0 Å². The number of nitrogens with zero attached hydrogens (tertiary/aromatic N) is 1. The number of amidine groups is 1. The molecule has 0 amide bonds. The van der Waals surface area contributed by atoms with Crippen LogP contribution < -0.4 is 5.73 Å². The molecule has 2 unspecified atom stereocenters. The summed E-state index contributed by atoms with van der Waals surface area (Å²) in [5.41, 5.74) is 7.43. The number of benzene rings is 1. The predicted octanol–water partition coefficient (Wildman–Crippen LogP) is 2.73. The minimum absolute atomic E-state index is 0.0549. The minimum Gasteiger partial charge on any atom is -0.387 e. The van der Waals surface area contributed by atoms with E-state index in [4.69, 9.17) is 5.73 Å². The van der Waals surface area contributed by atoms with Crippen LogP contribution in [0.2, 0.25) is 0 Å². The van der Waals surface area contributed by atoms with Crippen LogP contribution in [-0.2, 0) is 5.41 Å². The van der Waals surface area contributed by atoms with Crippen molar-refractivity contribution < 1.29 is 0 Å². The maximum atomic E-state index is 6.19. The molecule has 0 radical (unpaired) electrons. The molecule has 2 heteroatoms. The molecule has 0 fully saturated rings. The molecule has 16 heavy (non-hydrogen) atoms. The van der Waals surface area contributed by atoms with Crippen molar-refractivity contribution in [1.29, 1.82) is 0 Å². The molecular formula is C14H20N2. The van der Waals surface area contributed by atoms with Crippen LogP contribution in [-0.4, -0.2) is 11.9 Å². The molecule has 1 aromatic rings. The van der Waals surface area contributed by atoms with E-state index in [-0.39, 0.29) is 5.41 Å².